The van der Waals surface area contributed by atoms with Gasteiger partial charge < -0.3 is 10.0 Å². The van der Waals surface area contributed by atoms with Crippen LogP contribution in [-0.2, 0) is 0 Å². The SMILES string of the molecule is O=C(O)c1cc(N(C(=O)n2nnn(-c3c(F)cccc3F)c2=O)C2CCCCC2)ccc1N1CCCCC1. The van der Waals surface area contributed by atoms with Crippen molar-refractivity contribution in [2.24, 2.45) is 0 Å². The van der Waals surface area contributed by atoms with E-state index in [1.807, 2.05) is 4.90 Å². The van der Waals surface area contributed by atoms with E-state index in [0.717, 1.165) is 69.8 Å². The first kappa shape index (κ1) is 25.6. The monoisotopic (exact) mass is 526 g/mol. The summed E-state index contributed by atoms with van der Waals surface area (Å²) in [6.45, 7) is 1.49. The van der Waals surface area contributed by atoms with E-state index in [-0.39, 0.29) is 11.6 Å². The highest BCUT2D eigenvalue weighted by Crippen LogP contribution is 2.33. The number of amides is 1. The van der Waals surface area contributed by atoms with E-state index in [0.29, 0.717) is 33.6 Å². The Labute approximate surface area is 217 Å². The second-order valence-electron chi connectivity index (χ2n) is 9.65. The molecule has 3 aromatic rings. The van der Waals surface area contributed by atoms with Crippen LogP contribution in [0.1, 0.15) is 61.7 Å². The van der Waals surface area contributed by atoms with Crippen molar-refractivity contribution < 1.29 is 23.5 Å². The largest absolute Gasteiger partial charge is 0.478 e. The molecule has 0 radical (unpaired) electrons. The zero-order chi connectivity index (χ0) is 26.8. The Morgan fingerprint density at radius 1 is 0.921 bits per heavy atom. The number of piperidine rings is 1. The average molecular weight is 527 g/mol. The molecule has 2 aromatic carbocycles. The Morgan fingerprint density at radius 2 is 1.58 bits per heavy atom. The maximum Gasteiger partial charge on any atom is 0.377 e. The smallest absolute Gasteiger partial charge is 0.377 e. The quantitative estimate of drug-likeness (QED) is 0.496. The van der Waals surface area contributed by atoms with Gasteiger partial charge in [0.05, 0.1) is 11.3 Å². The maximum atomic E-state index is 14.3. The Morgan fingerprint density at radius 3 is 2.24 bits per heavy atom. The lowest BCUT2D eigenvalue weighted by Gasteiger charge is -2.35. The number of nitrogens with zero attached hydrogens (tertiary/aromatic N) is 6. The third-order valence-electron chi connectivity index (χ3n) is 7.24. The zero-order valence-electron chi connectivity index (χ0n) is 20.7. The van der Waals surface area contributed by atoms with E-state index in [4.69, 9.17) is 0 Å². The van der Waals surface area contributed by atoms with E-state index in [1.165, 1.54) is 11.0 Å². The van der Waals surface area contributed by atoms with E-state index >= 15 is 0 Å². The summed E-state index contributed by atoms with van der Waals surface area (Å²) in [5, 5.41) is 17.2. The topological polar surface area (TPSA) is 114 Å². The molecule has 12 heteroatoms. The number of aromatic nitrogens is 4. The van der Waals surface area contributed by atoms with Crippen LogP contribution in [0.25, 0.3) is 5.69 Å². The van der Waals surface area contributed by atoms with Crippen molar-refractivity contribution in [1.29, 1.82) is 0 Å². The van der Waals surface area contributed by atoms with Gasteiger partial charge in [-0.25, -0.2) is 23.2 Å². The molecular weight excluding hydrogens is 498 g/mol. The lowest BCUT2D eigenvalue weighted by Crippen LogP contribution is -2.47. The van der Waals surface area contributed by atoms with Gasteiger partial charge in [-0.1, -0.05) is 25.3 Å². The number of hydrogen-bond donors (Lipinski definition) is 1. The van der Waals surface area contributed by atoms with Crippen molar-refractivity contribution in [3.05, 3.63) is 64.1 Å². The number of anilines is 2. The lowest BCUT2D eigenvalue weighted by atomic mass is 9.93. The van der Waals surface area contributed by atoms with Crippen molar-refractivity contribution in [2.75, 3.05) is 22.9 Å². The number of carboxylic acid groups (broad SMARTS) is 1. The number of carboxylic acids is 1. The summed E-state index contributed by atoms with van der Waals surface area (Å²) in [7, 11) is 0. The van der Waals surface area contributed by atoms with Gasteiger partial charge in [-0.05, 0) is 72.9 Å². The van der Waals surface area contributed by atoms with Crippen LogP contribution in [0.3, 0.4) is 0 Å². The van der Waals surface area contributed by atoms with Crippen molar-refractivity contribution >= 4 is 23.4 Å². The summed E-state index contributed by atoms with van der Waals surface area (Å²) in [5.41, 5.74) is -0.931. The molecule has 1 aliphatic carbocycles. The predicted octanol–water partition coefficient (Wildman–Crippen LogP) is 4.20. The minimum absolute atomic E-state index is 0.0578. The van der Waals surface area contributed by atoms with Crippen molar-refractivity contribution in [3.8, 4) is 5.69 Å². The van der Waals surface area contributed by atoms with Crippen molar-refractivity contribution in [2.45, 2.75) is 57.4 Å². The Hall–Kier alpha value is -4.09. The molecule has 1 aliphatic heterocycles. The van der Waals surface area contributed by atoms with Crippen molar-refractivity contribution in [3.63, 3.8) is 0 Å². The summed E-state index contributed by atoms with van der Waals surface area (Å²) >= 11 is 0. The highest BCUT2D eigenvalue weighted by molar-refractivity contribution is 5.99. The van der Waals surface area contributed by atoms with Gasteiger partial charge in [-0.3, -0.25) is 4.90 Å². The Kier molecular flexibility index (Phi) is 7.21. The molecule has 2 heterocycles. The molecule has 5 rings (SSSR count). The summed E-state index contributed by atoms with van der Waals surface area (Å²) in [6.07, 6.45) is 7.02. The highest BCUT2D eigenvalue weighted by atomic mass is 19.1. The molecule has 2 aliphatic rings. The van der Waals surface area contributed by atoms with Crippen LogP contribution in [0.4, 0.5) is 25.0 Å². The molecule has 1 amide bonds. The molecule has 1 saturated carbocycles. The normalized spacial score (nSPS) is 16.4. The third kappa shape index (κ3) is 4.77. The summed E-state index contributed by atoms with van der Waals surface area (Å²) in [6, 6.07) is 6.72. The van der Waals surface area contributed by atoms with Gasteiger partial charge in [-0.2, -0.15) is 4.68 Å². The average Bonchev–Trinajstić information content (AvgIpc) is 3.30. The number of carbonyl (C=O) groups excluding carboxylic acids is 1. The first-order valence-corrected chi connectivity index (χ1v) is 12.8. The number of para-hydroxylation sites is 1. The number of rotatable bonds is 5. The standard InChI is InChI=1S/C26H28F2N6O4/c27-20-10-7-11-21(28)23(20)33-26(38)34(30-29-33)25(37)32(17-8-3-1-4-9-17)18-12-13-22(19(16-18)24(35)36)31-14-5-2-6-15-31/h7,10-13,16-17H,1-6,8-9,14-15H2,(H,35,36). The van der Waals surface area contributed by atoms with Crippen LogP contribution in [0.15, 0.2) is 41.2 Å². The number of aromatic carboxylic acids is 1. The molecule has 38 heavy (non-hydrogen) atoms. The minimum atomic E-state index is -1.14. The van der Waals surface area contributed by atoms with Gasteiger partial charge in [0.25, 0.3) is 0 Å². The summed E-state index contributed by atoms with van der Waals surface area (Å²) in [5.74, 6) is -3.19. The molecule has 0 atom stereocenters. The van der Waals surface area contributed by atoms with Gasteiger partial charge >= 0.3 is 17.7 Å². The molecular formula is C26H28F2N6O4. The van der Waals surface area contributed by atoms with Crippen LogP contribution in [0.2, 0.25) is 0 Å². The van der Waals surface area contributed by atoms with Crippen LogP contribution in [0, 0.1) is 11.6 Å². The van der Waals surface area contributed by atoms with Crippen LogP contribution < -0.4 is 15.5 Å². The van der Waals surface area contributed by atoms with E-state index in [9.17, 15) is 28.3 Å². The zero-order valence-corrected chi connectivity index (χ0v) is 20.7. The number of benzene rings is 2. The maximum absolute atomic E-state index is 14.3. The second-order valence-corrected chi connectivity index (χ2v) is 9.65. The van der Waals surface area contributed by atoms with Crippen LogP contribution in [0.5, 0.6) is 0 Å². The Bertz CT molecular complexity index is 1390. The minimum Gasteiger partial charge on any atom is -0.478 e. The predicted molar refractivity (Wildman–Crippen MR) is 135 cm³/mol. The van der Waals surface area contributed by atoms with Crippen LogP contribution in [-0.4, -0.2) is 56.0 Å². The molecule has 200 valence electrons. The fraction of sp³-hybridized carbons (Fsp3) is 0.423. The Balaban J connectivity index is 1.57. The first-order valence-electron chi connectivity index (χ1n) is 12.8. The number of hydrogen-bond acceptors (Lipinski definition) is 6. The molecule has 10 nitrogen and oxygen atoms in total. The molecule has 2 fully saturated rings. The van der Waals surface area contributed by atoms with E-state index < -0.39 is 35.0 Å². The number of halogens is 2. The molecule has 1 aromatic heterocycles. The van der Waals surface area contributed by atoms with Gasteiger partial charge in [-0.15, -0.1) is 4.68 Å². The van der Waals surface area contributed by atoms with Gasteiger partial charge in [0.1, 0.15) is 5.69 Å². The highest BCUT2D eigenvalue weighted by Gasteiger charge is 2.32. The van der Waals surface area contributed by atoms with E-state index in [1.54, 1.807) is 12.1 Å². The summed E-state index contributed by atoms with van der Waals surface area (Å²) < 4.78 is 29.5. The molecule has 1 saturated heterocycles. The number of carbonyl (C=O) groups is 2. The van der Waals surface area contributed by atoms with Gasteiger partial charge in [0, 0.05) is 24.8 Å². The third-order valence-corrected chi connectivity index (χ3v) is 7.24. The summed E-state index contributed by atoms with van der Waals surface area (Å²) in [4.78, 5) is 42.5. The number of tetrazole rings is 1. The fourth-order valence-corrected chi connectivity index (χ4v) is 5.37. The van der Waals surface area contributed by atoms with E-state index in [2.05, 4.69) is 10.4 Å². The lowest BCUT2D eigenvalue weighted by molar-refractivity contribution is 0.0697. The molecule has 0 unspecified atom stereocenters. The first-order chi connectivity index (χ1) is 18.4. The molecule has 0 spiro atoms. The van der Waals surface area contributed by atoms with Crippen molar-refractivity contribution in [1.82, 2.24) is 19.8 Å². The molecule has 1 N–H and O–H groups in total. The molecule has 0 bridgehead atoms. The van der Waals surface area contributed by atoms with Gasteiger partial charge in [0.15, 0.2) is 11.6 Å². The van der Waals surface area contributed by atoms with Gasteiger partial charge in [0.2, 0.25) is 0 Å². The fourth-order valence-electron chi connectivity index (χ4n) is 5.37. The second kappa shape index (κ2) is 10.7. The van der Waals surface area contributed by atoms with Crippen LogP contribution >= 0.6 is 0 Å².